The number of hydrogen-bond donors (Lipinski definition) is 2. The van der Waals surface area contributed by atoms with E-state index in [1.807, 2.05) is 36.4 Å². The average Bonchev–Trinajstić information content (AvgIpc) is 2.94. The Morgan fingerprint density at radius 2 is 0.944 bits per heavy atom. The quantitative estimate of drug-likeness (QED) is 0.261. The molecule has 36 heavy (non-hydrogen) atoms. The van der Waals surface area contributed by atoms with Crippen molar-refractivity contribution in [3.05, 3.63) is 109 Å². The average molecular weight is 478 g/mol. The van der Waals surface area contributed by atoms with Crippen LogP contribution < -0.4 is 20.4 Å². The van der Waals surface area contributed by atoms with E-state index in [9.17, 15) is 0 Å². The van der Waals surface area contributed by atoms with Gasteiger partial charge in [0.2, 0.25) is 0 Å². The van der Waals surface area contributed by atoms with Crippen molar-refractivity contribution in [1.82, 2.24) is 4.90 Å². The van der Waals surface area contributed by atoms with Gasteiger partial charge in [0.05, 0.1) is 20.0 Å². The third-order valence-electron chi connectivity index (χ3n) is 6.50. The van der Waals surface area contributed by atoms with Gasteiger partial charge in [0.15, 0.2) is 0 Å². The molecule has 0 amide bonds. The van der Waals surface area contributed by atoms with Crippen LogP contribution in [0.25, 0.3) is 0 Å². The first-order chi connectivity index (χ1) is 17.8. The summed E-state index contributed by atoms with van der Waals surface area (Å²) in [7, 11) is 0. The van der Waals surface area contributed by atoms with Gasteiger partial charge in [-0.05, 0) is 79.2 Å². The Hall–Kier alpha value is -3.96. The second-order valence-electron chi connectivity index (χ2n) is 9.33. The van der Waals surface area contributed by atoms with E-state index in [0.717, 1.165) is 49.3 Å². The molecule has 5 heteroatoms. The van der Waals surface area contributed by atoms with Crippen LogP contribution in [-0.2, 0) is 0 Å². The van der Waals surface area contributed by atoms with Crippen molar-refractivity contribution in [2.24, 2.45) is 0 Å². The number of unbranched alkanes of at least 4 members (excludes halogenated alkanes) is 1. The van der Waals surface area contributed by atoms with Crippen LogP contribution in [0, 0.1) is 0 Å². The predicted molar refractivity (Wildman–Crippen MR) is 154 cm³/mol. The van der Waals surface area contributed by atoms with Crippen LogP contribution in [0.2, 0.25) is 0 Å². The molecule has 0 unspecified atom stereocenters. The summed E-state index contributed by atoms with van der Waals surface area (Å²) < 4.78 is 0. The third kappa shape index (κ3) is 6.18. The number of para-hydroxylation sites is 2. The molecule has 0 radical (unpaired) electrons. The van der Waals surface area contributed by atoms with Crippen LogP contribution in [0.5, 0.6) is 0 Å². The SMILES string of the molecule is CCCCN1CN(c2ccc(Nc3ccccc3)cc2)CN(c2ccc(Nc3ccccc3)cc2)C1. The molecule has 4 aromatic rings. The summed E-state index contributed by atoms with van der Waals surface area (Å²) in [6.07, 6.45) is 2.41. The zero-order chi connectivity index (χ0) is 24.6. The number of rotatable bonds is 9. The molecule has 0 aliphatic carbocycles. The molecule has 0 bridgehead atoms. The molecule has 1 aliphatic heterocycles. The summed E-state index contributed by atoms with van der Waals surface area (Å²) in [5.74, 6) is 0. The number of benzene rings is 4. The Morgan fingerprint density at radius 3 is 1.36 bits per heavy atom. The zero-order valence-corrected chi connectivity index (χ0v) is 21.0. The second-order valence-corrected chi connectivity index (χ2v) is 9.33. The summed E-state index contributed by atoms with van der Waals surface area (Å²) >= 11 is 0. The van der Waals surface area contributed by atoms with E-state index in [2.05, 4.69) is 105 Å². The van der Waals surface area contributed by atoms with Gasteiger partial charge < -0.3 is 20.4 Å². The summed E-state index contributed by atoms with van der Waals surface area (Å²) in [6.45, 7) is 6.10. The molecule has 5 nitrogen and oxygen atoms in total. The highest BCUT2D eigenvalue weighted by Crippen LogP contribution is 2.27. The van der Waals surface area contributed by atoms with Crippen LogP contribution >= 0.6 is 0 Å². The van der Waals surface area contributed by atoms with E-state index in [-0.39, 0.29) is 0 Å². The highest BCUT2D eigenvalue weighted by Gasteiger charge is 2.23. The smallest absolute Gasteiger partial charge is 0.0928 e. The molecule has 4 aromatic carbocycles. The number of nitrogens with zero attached hydrogens (tertiary/aromatic N) is 3. The van der Waals surface area contributed by atoms with Crippen molar-refractivity contribution in [2.75, 3.05) is 47.0 Å². The van der Waals surface area contributed by atoms with Crippen molar-refractivity contribution in [2.45, 2.75) is 19.8 Å². The van der Waals surface area contributed by atoms with E-state index < -0.39 is 0 Å². The minimum absolute atomic E-state index is 0.861. The lowest BCUT2D eigenvalue weighted by Gasteiger charge is -2.44. The molecular weight excluding hydrogens is 442 g/mol. The lowest BCUT2D eigenvalue weighted by Crippen LogP contribution is -2.55. The molecule has 1 heterocycles. The fourth-order valence-corrected chi connectivity index (χ4v) is 4.56. The van der Waals surface area contributed by atoms with Gasteiger partial charge in [-0.25, -0.2) is 0 Å². The monoisotopic (exact) mass is 477 g/mol. The van der Waals surface area contributed by atoms with E-state index >= 15 is 0 Å². The summed E-state index contributed by atoms with van der Waals surface area (Å²) in [5.41, 5.74) is 6.88. The Morgan fingerprint density at radius 1 is 0.528 bits per heavy atom. The lowest BCUT2D eigenvalue weighted by molar-refractivity contribution is 0.238. The Labute approximate surface area is 215 Å². The molecule has 184 valence electrons. The van der Waals surface area contributed by atoms with Crippen LogP contribution in [-0.4, -0.2) is 31.5 Å². The molecule has 5 rings (SSSR count). The standard InChI is InChI=1S/C31H35N5/c1-2-3-22-34-23-35(30-18-14-28(15-19-30)32-26-10-6-4-7-11-26)25-36(24-34)31-20-16-29(17-21-31)33-27-12-8-5-9-13-27/h4-21,32-33H,2-3,22-25H2,1H3. The maximum atomic E-state index is 3.48. The van der Waals surface area contributed by atoms with E-state index in [0.29, 0.717) is 0 Å². The zero-order valence-electron chi connectivity index (χ0n) is 21.0. The van der Waals surface area contributed by atoms with E-state index in [4.69, 9.17) is 0 Å². The van der Waals surface area contributed by atoms with Gasteiger partial charge in [-0.1, -0.05) is 49.7 Å². The molecule has 0 saturated carbocycles. The van der Waals surface area contributed by atoms with Gasteiger partial charge >= 0.3 is 0 Å². The summed E-state index contributed by atoms with van der Waals surface area (Å²) in [4.78, 5) is 7.46. The number of hydrogen-bond acceptors (Lipinski definition) is 5. The molecule has 0 spiro atoms. The minimum Gasteiger partial charge on any atom is -0.356 e. The minimum atomic E-state index is 0.861. The summed E-state index contributed by atoms with van der Waals surface area (Å²) in [6, 6.07) is 38.2. The van der Waals surface area contributed by atoms with E-state index in [1.165, 1.54) is 24.2 Å². The Bertz CT molecular complexity index is 1100. The van der Waals surface area contributed by atoms with Gasteiger partial charge in [0.1, 0.15) is 0 Å². The fourth-order valence-electron chi connectivity index (χ4n) is 4.56. The van der Waals surface area contributed by atoms with Gasteiger partial charge in [0.25, 0.3) is 0 Å². The number of nitrogens with one attached hydrogen (secondary N) is 2. The van der Waals surface area contributed by atoms with Gasteiger partial charge in [-0.3, -0.25) is 4.90 Å². The lowest BCUT2D eigenvalue weighted by atomic mass is 10.2. The van der Waals surface area contributed by atoms with Crippen LogP contribution in [0.4, 0.5) is 34.1 Å². The van der Waals surface area contributed by atoms with Crippen LogP contribution in [0.1, 0.15) is 19.8 Å². The van der Waals surface area contributed by atoms with Crippen molar-refractivity contribution in [3.63, 3.8) is 0 Å². The first-order valence-corrected chi connectivity index (χ1v) is 12.8. The van der Waals surface area contributed by atoms with Crippen LogP contribution in [0.15, 0.2) is 109 Å². The molecule has 1 fully saturated rings. The van der Waals surface area contributed by atoms with Gasteiger partial charge in [-0.2, -0.15) is 0 Å². The highest BCUT2D eigenvalue weighted by atomic mass is 15.5. The molecule has 2 N–H and O–H groups in total. The van der Waals surface area contributed by atoms with Gasteiger partial charge in [0, 0.05) is 40.7 Å². The van der Waals surface area contributed by atoms with E-state index in [1.54, 1.807) is 0 Å². The van der Waals surface area contributed by atoms with Crippen LogP contribution in [0.3, 0.4) is 0 Å². The third-order valence-corrected chi connectivity index (χ3v) is 6.50. The topological polar surface area (TPSA) is 33.8 Å². The second kappa shape index (κ2) is 11.6. The fraction of sp³-hybridized carbons (Fsp3) is 0.226. The van der Waals surface area contributed by atoms with Crippen molar-refractivity contribution in [3.8, 4) is 0 Å². The Balaban J connectivity index is 1.29. The Kier molecular flexibility index (Phi) is 7.69. The highest BCUT2D eigenvalue weighted by molar-refractivity contribution is 5.65. The normalized spacial score (nSPS) is 14.0. The predicted octanol–water partition coefficient (Wildman–Crippen LogP) is 7.48. The maximum absolute atomic E-state index is 3.48. The number of anilines is 6. The summed E-state index contributed by atoms with van der Waals surface area (Å²) in [5, 5.41) is 6.97. The molecular formula is C31H35N5. The molecule has 0 atom stereocenters. The maximum Gasteiger partial charge on any atom is 0.0928 e. The largest absolute Gasteiger partial charge is 0.356 e. The van der Waals surface area contributed by atoms with Crippen molar-refractivity contribution >= 4 is 34.1 Å². The molecule has 1 saturated heterocycles. The van der Waals surface area contributed by atoms with Crippen molar-refractivity contribution in [1.29, 1.82) is 0 Å². The first kappa shape index (κ1) is 23.8. The van der Waals surface area contributed by atoms with Crippen molar-refractivity contribution < 1.29 is 0 Å². The first-order valence-electron chi connectivity index (χ1n) is 12.8. The molecule has 0 aromatic heterocycles. The molecule has 1 aliphatic rings. The van der Waals surface area contributed by atoms with Gasteiger partial charge in [-0.15, -0.1) is 0 Å².